The van der Waals surface area contributed by atoms with Gasteiger partial charge in [0.1, 0.15) is 15.1 Å². The summed E-state index contributed by atoms with van der Waals surface area (Å²) < 4.78 is 10.1. The Bertz CT molecular complexity index is 449. The van der Waals surface area contributed by atoms with Gasteiger partial charge in [0, 0.05) is 7.05 Å². The topological polar surface area (TPSA) is 59.6 Å². The molecule has 1 rings (SSSR count). The molecule has 0 aliphatic heterocycles. The van der Waals surface area contributed by atoms with Gasteiger partial charge < -0.3 is 20.1 Å². The van der Waals surface area contributed by atoms with Crippen LogP contribution in [0.4, 0.5) is 10.5 Å². The van der Waals surface area contributed by atoms with Crippen LogP contribution in [-0.2, 0) is 0 Å². The molecule has 18 heavy (non-hydrogen) atoms. The van der Waals surface area contributed by atoms with Crippen LogP contribution in [0.15, 0.2) is 0 Å². The van der Waals surface area contributed by atoms with Crippen molar-refractivity contribution in [2.75, 3.05) is 26.6 Å². The fourth-order valence-corrected chi connectivity index (χ4v) is 2.38. The number of ether oxygens (including phenoxy) is 2. The van der Waals surface area contributed by atoms with Crippen LogP contribution in [-0.4, -0.2) is 27.3 Å². The van der Waals surface area contributed by atoms with Crippen LogP contribution in [0.2, 0.25) is 15.1 Å². The van der Waals surface area contributed by atoms with Gasteiger partial charge in [0.15, 0.2) is 11.5 Å². The van der Waals surface area contributed by atoms with Crippen molar-refractivity contribution < 1.29 is 14.3 Å². The number of benzene rings is 1. The second-order valence-electron chi connectivity index (χ2n) is 3.09. The predicted octanol–water partition coefficient (Wildman–Crippen LogP) is 3.42. The molecule has 2 amide bonds. The average molecular weight is 314 g/mol. The fraction of sp³-hybridized carbons (Fsp3) is 0.300. The molecule has 0 aromatic heterocycles. The molecular weight excluding hydrogens is 302 g/mol. The second kappa shape index (κ2) is 6.22. The molecule has 0 fully saturated rings. The van der Waals surface area contributed by atoms with Crippen LogP contribution < -0.4 is 20.1 Å². The van der Waals surface area contributed by atoms with Crippen molar-refractivity contribution in [3.05, 3.63) is 15.1 Å². The minimum Gasteiger partial charge on any atom is -0.493 e. The second-order valence-corrected chi connectivity index (χ2v) is 4.22. The summed E-state index contributed by atoms with van der Waals surface area (Å²) in [5.41, 5.74) is 0.163. The number of carbonyl (C=O) groups is 1. The first-order chi connectivity index (χ1) is 8.47. The summed E-state index contributed by atoms with van der Waals surface area (Å²) in [6, 6.07) is -0.481. The molecule has 0 heterocycles. The van der Waals surface area contributed by atoms with E-state index in [4.69, 9.17) is 44.3 Å². The van der Waals surface area contributed by atoms with Crippen LogP contribution >= 0.6 is 34.8 Å². The Morgan fingerprint density at radius 1 is 1.00 bits per heavy atom. The Balaban J connectivity index is 3.45. The summed E-state index contributed by atoms with van der Waals surface area (Å²) >= 11 is 18.1. The molecule has 0 saturated carbocycles. The van der Waals surface area contributed by atoms with Gasteiger partial charge in [0.2, 0.25) is 0 Å². The zero-order chi connectivity index (χ0) is 13.9. The smallest absolute Gasteiger partial charge is 0.319 e. The van der Waals surface area contributed by atoms with Crippen molar-refractivity contribution in [3.8, 4) is 11.5 Å². The number of carbonyl (C=O) groups excluding carboxylic acids is 1. The summed E-state index contributed by atoms with van der Waals surface area (Å²) in [6.45, 7) is 0. The maximum atomic E-state index is 11.3. The van der Waals surface area contributed by atoms with Crippen LogP contribution in [0.5, 0.6) is 11.5 Å². The number of rotatable bonds is 3. The maximum absolute atomic E-state index is 11.3. The predicted molar refractivity (Wildman–Crippen MR) is 72.7 cm³/mol. The molecule has 0 aliphatic carbocycles. The number of methoxy groups -OCH3 is 2. The largest absolute Gasteiger partial charge is 0.493 e. The van der Waals surface area contributed by atoms with Gasteiger partial charge in [-0.25, -0.2) is 4.79 Å². The van der Waals surface area contributed by atoms with E-state index in [9.17, 15) is 4.79 Å². The maximum Gasteiger partial charge on any atom is 0.319 e. The lowest BCUT2D eigenvalue weighted by molar-refractivity contribution is 0.254. The van der Waals surface area contributed by atoms with E-state index >= 15 is 0 Å². The lowest BCUT2D eigenvalue weighted by atomic mass is 10.2. The van der Waals surface area contributed by atoms with Crippen molar-refractivity contribution >= 4 is 46.5 Å². The van der Waals surface area contributed by atoms with E-state index in [1.54, 1.807) is 0 Å². The molecule has 0 atom stereocenters. The number of hydrogen-bond acceptors (Lipinski definition) is 3. The average Bonchev–Trinajstić information content (AvgIpc) is 2.35. The molecule has 2 N–H and O–H groups in total. The molecule has 0 unspecified atom stereocenters. The first-order valence-corrected chi connectivity index (χ1v) is 5.88. The Labute approximate surface area is 119 Å². The van der Waals surface area contributed by atoms with Gasteiger partial charge in [-0.05, 0) is 0 Å². The minimum atomic E-state index is -0.481. The molecule has 0 bridgehead atoms. The summed E-state index contributed by atoms with van der Waals surface area (Å²) in [5.74, 6) is 0.344. The molecular formula is C10H11Cl3N2O3. The number of amides is 2. The molecule has 0 spiro atoms. The van der Waals surface area contributed by atoms with Gasteiger partial charge in [-0.1, -0.05) is 34.8 Å². The Morgan fingerprint density at radius 2 is 1.44 bits per heavy atom. The molecule has 0 saturated heterocycles. The number of nitrogens with one attached hydrogen (secondary N) is 2. The zero-order valence-corrected chi connectivity index (χ0v) is 12.1. The van der Waals surface area contributed by atoms with Crippen LogP contribution in [0.25, 0.3) is 0 Å². The summed E-state index contributed by atoms with van der Waals surface area (Å²) in [7, 11) is 4.25. The zero-order valence-electron chi connectivity index (χ0n) is 9.86. The SMILES string of the molecule is CNC(=O)Nc1c(Cl)c(OC)c(Cl)c(OC)c1Cl. The highest BCUT2D eigenvalue weighted by molar-refractivity contribution is 6.45. The summed E-state index contributed by atoms with van der Waals surface area (Å²) in [5, 5.41) is 5.17. The lowest BCUT2D eigenvalue weighted by Gasteiger charge is -2.17. The van der Waals surface area contributed by atoms with Crippen LogP contribution in [0.1, 0.15) is 0 Å². The van der Waals surface area contributed by atoms with Crippen molar-refractivity contribution in [1.82, 2.24) is 5.32 Å². The summed E-state index contributed by atoms with van der Waals surface area (Å²) in [4.78, 5) is 11.3. The number of anilines is 1. The highest BCUT2D eigenvalue weighted by atomic mass is 35.5. The molecule has 5 nitrogen and oxygen atoms in total. The normalized spacial score (nSPS) is 9.89. The van der Waals surface area contributed by atoms with Gasteiger partial charge >= 0.3 is 6.03 Å². The van der Waals surface area contributed by atoms with Gasteiger partial charge in [-0.3, -0.25) is 0 Å². The molecule has 1 aromatic carbocycles. The van der Waals surface area contributed by atoms with Gasteiger partial charge in [-0.2, -0.15) is 0 Å². The molecule has 8 heteroatoms. The van der Waals surface area contributed by atoms with Crippen LogP contribution in [0, 0.1) is 0 Å². The van der Waals surface area contributed by atoms with Gasteiger partial charge in [-0.15, -0.1) is 0 Å². The Morgan fingerprint density at radius 3 is 1.78 bits per heavy atom. The van der Waals surface area contributed by atoms with E-state index in [2.05, 4.69) is 10.6 Å². The van der Waals surface area contributed by atoms with Gasteiger partial charge in [0.05, 0.1) is 19.9 Å². The lowest BCUT2D eigenvalue weighted by Crippen LogP contribution is -2.25. The number of halogens is 3. The summed E-state index contributed by atoms with van der Waals surface area (Å²) in [6.07, 6.45) is 0. The molecule has 1 aromatic rings. The van der Waals surface area contributed by atoms with Crippen LogP contribution in [0.3, 0.4) is 0 Å². The first-order valence-electron chi connectivity index (χ1n) is 4.75. The van der Waals surface area contributed by atoms with Crippen molar-refractivity contribution in [2.45, 2.75) is 0 Å². The standard InChI is InChI=1S/C10H11Cl3N2O3/c1-14-10(16)15-7-4(11)8(17-2)6(13)9(18-3)5(7)12/h1-3H3,(H2,14,15,16). The van der Waals surface area contributed by atoms with E-state index in [0.717, 1.165) is 0 Å². The highest BCUT2D eigenvalue weighted by Crippen LogP contribution is 2.50. The number of hydrogen-bond donors (Lipinski definition) is 2. The number of urea groups is 1. The highest BCUT2D eigenvalue weighted by Gasteiger charge is 2.23. The fourth-order valence-electron chi connectivity index (χ4n) is 1.26. The van der Waals surface area contributed by atoms with Crippen molar-refractivity contribution in [1.29, 1.82) is 0 Å². The minimum absolute atomic E-state index is 0.0944. The van der Waals surface area contributed by atoms with Crippen molar-refractivity contribution in [2.24, 2.45) is 0 Å². The molecule has 100 valence electrons. The van der Waals surface area contributed by atoms with E-state index in [1.165, 1.54) is 21.3 Å². The van der Waals surface area contributed by atoms with E-state index in [1.807, 2.05) is 0 Å². The van der Waals surface area contributed by atoms with E-state index in [0.29, 0.717) is 0 Å². The van der Waals surface area contributed by atoms with Gasteiger partial charge in [0.25, 0.3) is 0 Å². The quantitative estimate of drug-likeness (QED) is 0.899. The van der Waals surface area contributed by atoms with Crippen molar-refractivity contribution in [3.63, 3.8) is 0 Å². The third-order valence-corrected chi connectivity index (χ3v) is 3.17. The third kappa shape index (κ3) is 2.68. The van der Waals surface area contributed by atoms with E-state index < -0.39 is 6.03 Å². The Kier molecular flexibility index (Phi) is 5.19. The third-order valence-electron chi connectivity index (χ3n) is 2.11. The Hall–Kier alpha value is -1.04. The molecule has 0 aliphatic rings. The molecule has 0 radical (unpaired) electrons. The monoisotopic (exact) mass is 312 g/mol. The van der Waals surface area contributed by atoms with E-state index in [-0.39, 0.29) is 32.3 Å². The first kappa shape index (κ1) is 15.0.